The lowest BCUT2D eigenvalue weighted by atomic mass is 10.1. The molecule has 98 valence electrons. The van der Waals surface area contributed by atoms with Crippen LogP contribution in [-0.4, -0.2) is 23.6 Å². The maximum absolute atomic E-state index is 5.42. The minimum Gasteiger partial charge on any atom is -0.494 e. The number of hydrogen-bond acceptors (Lipinski definition) is 4. The maximum atomic E-state index is 5.42. The topological polar surface area (TPSA) is 33.6 Å². The first-order valence-electron chi connectivity index (χ1n) is 6.39. The number of nitrogens with zero attached hydrogens (tertiary/aromatic N) is 1. The van der Waals surface area contributed by atoms with Crippen molar-refractivity contribution in [3.8, 4) is 5.75 Å². The Morgan fingerprint density at radius 3 is 2.67 bits per heavy atom. The number of thioether (sulfide) groups is 1. The molecule has 0 aromatic heterocycles. The summed E-state index contributed by atoms with van der Waals surface area (Å²) in [5.74, 6) is 2.69. The molecule has 4 heteroatoms. The second kappa shape index (κ2) is 6.14. The number of aliphatic imine (C=N–C) groups is 1. The van der Waals surface area contributed by atoms with Crippen molar-refractivity contribution in [3.63, 3.8) is 0 Å². The van der Waals surface area contributed by atoms with Gasteiger partial charge in [-0.1, -0.05) is 18.7 Å². The molecule has 3 nitrogen and oxygen atoms in total. The van der Waals surface area contributed by atoms with Gasteiger partial charge in [-0.15, -0.1) is 0 Å². The molecule has 1 aromatic carbocycles. The van der Waals surface area contributed by atoms with E-state index in [1.165, 1.54) is 0 Å². The number of anilines is 1. The molecular formula is C14H20N2OS. The van der Waals surface area contributed by atoms with Gasteiger partial charge in [-0.3, -0.25) is 4.99 Å². The normalized spacial score (nSPS) is 23.4. The lowest BCUT2D eigenvalue weighted by Crippen LogP contribution is -2.25. The van der Waals surface area contributed by atoms with E-state index in [2.05, 4.69) is 24.2 Å². The highest BCUT2D eigenvalue weighted by Gasteiger charge is 2.19. The molecule has 0 aliphatic carbocycles. The second-order valence-electron chi connectivity index (χ2n) is 4.55. The van der Waals surface area contributed by atoms with Crippen LogP contribution < -0.4 is 10.1 Å². The van der Waals surface area contributed by atoms with Crippen LogP contribution in [0.3, 0.4) is 0 Å². The molecule has 0 amide bonds. The Morgan fingerprint density at radius 1 is 1.33 bits per heavy atom. The summed E-state index contributed by atoms with van der Waals surface area (Å²) in [6.07, 6.45) is 0. The smallest absolute Gasteiger partial charge is 0.161 e. The molecule has 1 N–H and O–H groups in total. The van der Waals surface area contributed by atoms with E-state index in [9.17, 15) is 0 Å². The zero-order valence-electron chi connectivity index (χ0n) is 11.1. The number of benzene rings is 1. The molecule has 2 rings (SSSR count). The Kier molecular flexibility index (Phi) is 4.53. The van der Waals surface area contributed by atoms with Crippen molar-refractivity contribution in [3.05, 3.63) is 24.3 Å². The Hall–Kier alpha value is -1.16. The summed E-state index contributed by atoms with van der Waals surface area (Å²) in [7, 11) is 0. The fraction of sp³-hybridized carbons (Fsp3) is 0.500. The van der Waals surface area contributed by atoms with Crippen molar-refractivity contribution in [1.82, 2.24) is 0 Å². The van der Waals surface area contributed by atoms with Crippen molar-refractivity contribution < 1.29 is 4.74 Å². The van der Waals surface area contributed by atoms with Gasteiger partial charge in [0.2, 0.25) is 0 Å². The fourth-order valence-corrected chi connectivity index (χ4v) is 2.82. The summed E-state index contributed by atoms with van der Waals surface area (Å²) in [4.78, 5) is 4.65. The van der Waals surface area contributed by atoms with Gasteiger partial charge in [-0.05, 0) is 44.0 Å². The highest BCUT2D eigenvalue weighted by Crippen LogP contribution is 2.24. The van der Waals surface area contributed by atoms with Gasteiger partial charge in [0.25, 0.3) is 0 Å². The molecule has 1 aromatic rings. The lowest BCUT2D eigenvalue weighted by molar-refractivity contribution is 0.340. The quantitative estimate of drug-likeness (QED) is 0.905. The van der Waals surface area contributed by atoms with Crippen molar-refractivity contribution in [2.24, 2.45) is 10.9 Å². The van der Waals surface area contributed by atoms with Gasteiger partial charge in [0.1, 0.15) is 5.75 Å². The van der Waals surface area contributed by atoms with Gasteiger partial charge in [0.05, 0.1) is 12.6 Å². The van der Waals surface area contributed by atoms with E-state index in [0.717, 1.165) is 22.4 Å². The number of ether oxygens (including phenoxy) is 1. The summed E-state index contributed by atoms with van der Waals surface area (Å²) in [5.41, 5.74) is 1.06. The van der Waals surface area contributed by atoms with Crippen LogP contribution in [0.15, 0.2) is 29.3 Å². The number of hydrogen-bond donors (Lipinski definition) is 1. The van der Waals surface area contributed by atoms with Crippen molar-refractivity contribution in [2.45, 2.75) is 26.8 Å². The van der Waals surface area contributed by atoms with Gasteiger partial charge in [-0.2, -0.15) is 0 Å². The molecule has 0 saturated carbocycles. The summed E-state index contributed by atoms with van der Waals surface area (Å²) in [6.45, 7) is 7.10. The molecule has 1 aliphatic rings. The highest BCUT2D eigenvalue weighted by atomic mass is 32.2. The molecule has 2 atom stereocenters. The monoisotopic (exact) mass is 264 g/mol. The Labute approximate surface area is 113 Å². The van der Waals surface area contributed by atoms with Crippen LogP contribution in [0.4, 0.5) is 5.69 Å². The zero-order chi connectivity index (χ0) is 13.0. The van der Waals surface area contributed by atoms with Gasteiger partial charge in [0.15, 0.2) is 5.17 Å². The van der Waals surface area contributed by atoms with Gasteiger partial charge < -0.3 is 10.1 Å². The SMILES string of the molecule is CCOc1ccc(NC2=NC(C)C(C)CS2)cc1. The van der Waals surface area contributed by atoms with Crippen LogP contribution in [-0.2, 0) is 0 Å². The van der Waals surface area contributed by atoms with E-state index in [-0.39, 0.29) is 0 Å². The van der Waals surface area contributed by atoms with E-state index in [1.54, 1.807) is 11.8 Å². The first kappa shape index (κ1) is 13.3. The second-order valence-corrected chi connectivity index (χ2v) is 5.55. The summed E-state index contributed by atoms with van der Waals surface area (Å²) in [6, 6.07) is 8.40. The number of amidine groups is 1. The lowest BCUT2D eigenvalue weighted by Gasteiger charge is -2.23. The molecule has 0 bridgehead atoms. The summed E-state index contributed by atoms with van der Waals surface area (Å²) in [5, 5.41) is 4.38. The molecule has 0 fully saturated rings. The van der Waals surface area contributed by atoms with Crippen molar-refractivity contribution in [1.29, 1.82) is 0 Å². The summed E-state index contributed by atoms with van der Waals surface area (Å²) < 4.78 is 5.42. The fourth-order valence-electron chi connectivity index (χ4n) is 1.69. The van der Waals surface area contributed by atoms with E-state index < -0.39 is 0 Å². The van der Waals surface area contributed by atoms with Gasteiger partial charge >= 0.3 is 0 Å². The Morgan fingerprint density at radius 2 is 2.06 bits per heavy atom. The predicted octanol–water partition coefficient (Wildman–Crippen LogP) is 3.62. The molecule has 2 unspecified atom stereocenters. The highest BCUT2D eigenvalue weighted by molar-refractivity contribution is 8.14. The van der Waals surface area contributed by atoms with Crippen LogP contribution in [0.1, 0.15) is 20.8 Å². The van der Waals surface area contributed by atoms with Gasteiger partial charge in [0, 0.05) is 11.4 Å². The largest absolute Gasteiger partial charge is 0.494 e. The first-order valence-corrected chi connectivity index (χ1v) is 7.38. The van der Waals surface area contributed by atoms with Gasteiger partial charge in [-0.25, -0.2) is 0 Å². The van der Waals surface area contributed by atoms with Crippen LogP contribution in [0.25, 0.3) is 0 Å². The molecule has 0 saturated heterocycles. The van der Waals surface area contributed by atoms with Crippen LogP contribution >= 0.6 is 11.8 Å². The molecule has 18 heavy (non-hydrogen) atoms. The minimum absolute atomic E-state index is 0.399. The Bertz CT molecular complexity index is 416. The van der Waals surface area contributed by atoms with E-state index >= 15 is 0 Å². The van der Waals surface area contributed by atoms with E-state index in [0.29, 0.717) is 18.6 Å². The molecule has 1 aliphatic heterocycles. The minimum atomic E-state index is 0.399. The van der Waals surface area contributed by atoms with Crippen molar-refractivity contribution in [2.75, 3.05) is 17.7 Å². The molecular weight excluding hydrogens is 244 g/mol. The zero-order valence-corrected chi connectivity index (χ0v) is 12.0. The number of nitrogens with one attached hydrogen (secondary N) is 1. The average molecular weight is 264 g/mol. The number of rotatable bonds is 3. The molecule has 0 spiro atoms. The van der Waals surface area contributed by atoms with Crippen LogP contribution in [0, 0.1) is 5.92 Å². The maximum Gasteiger partial charge on any atom is 0.161 e. The standard InChI is InChI=1S/C14H20N2OS/c1-4-17-13-7-5-12(6-8-13)16-14-15-11(3)10(2)9-18-14/h5-8,10-11H,4,9H2,1-3H3,(H,15,16). The van der Waals surface area contributed by atoms with Crippen LogP contribution in [0.5, 0.6) is 5.75 Å². The van der Waals surface area contributed by atoms with E-state index in [1.807, 2.05) is 31.2 Å². The summed E-state index contributed by atoms with van der Waals surface area (Å²) >= 11 is 1.79. The average Bonchev–Trinajstić information content (AvgIpc) is 2.37. The van der Waals surface area contributed by atoms with Crippen molar-refractivity contribution >= 4 is 22.6 Å². The van der Waals surface area contributed by atoms with Crippen LogP contribution in [0.2, 0.25) is 0 Å². The third-order valence-electron chi connectivity index (χ3n) is 3.04. The third kappa shape index (κ3) is 3.42. The third-order valence-corrected chi connectivity index (χ3v) is 4.22. The molecule has 1 heterocycles. The predicted molar refractivity (Wildman–Crippen MR) is 79.8 cm³/mol. The first-order chi connectivity index (χ1) is 8.69. The van der Waals surface area contributed by atoms with E-state index in [4.69, 9.17) is 4.74 Å². The Balaban J connectivity index is 1.99. The molecule has 0 radical (unpaired) electrons.